The number of fused-ring (bicyclic) bond motifs is 1. The lowest BCUT2D eigenvalue weighted by Gasteiger charge is -2.26. The Hall–Kier alpha value is -3.51. The van der Waals surface area contributed by atoms with Gasteiger partial charge in [-0.3, -0.25) is 14.5 Å². The molecule has 20 heteroatoms. The molecular weight excluding hydrogens is 808 g/mol. The summed E-state index contributed by atoms with van der Waals surface area (Å²) in [5.74, 6) is 0.287. The zero-order valence-electron chi connectivity index (χ0n) is 29.6. The highest BCUT2D eigenvalue weighted by Gasteiger charge is 2.41. The predicted molar refractivity (Wildman–Crippen MR) is 195 cm³/mol. The predicted octanol–water partition coefficient (Wildman–Crippen LogP) is 9.81. The second kappa shape index (κ2) is 20.1. The van der Waals surface area contributed by atoms with Gasteiger partial charge in [0, 0.05) is 22.6 Å². The van der Waals surface area contributed by atoms with Crippen LogP contribution in [-0.2, 0) is 42.0 Å². The van der Waals surface area contributed by atoms with Gasteiger partial charge in [0.1, 0.15) is 6.54 Å². The van der Waals surface area contributed by atoms with Crippen molar-refractivity contribution >= 4 is 53.2 Å². The van der Waals surface area contributed by atoms with Crippen molar-refractivity contribution in [2.45, 2.75) is 51.9 Å². The number of carbonyl (C=O) groups is 2. The molecule has 55 heavy (non-hydrogen) atoms. The van der Waals surface area contributed by atoms with Crippen LogP contribution in [0.2, 0.25) is 0 Å². The van der Waals surface area contributed by atoms with Crippen LogP contribution < -0.4 is 10.2 Å². The van der Waals surface area contributed by atoms with Gasteiger partial charge in [0.25, 0.3) is 5.91 Å². The van der Waals surface area contributed by atoms with Crippen molar-refractivity contribution < 1.29 is 62.7 Å². The van der Waals surface area contributed by atoms with E-state index in [4.69, 9.17) is 9.05 Å². The van der Waals surface area contributed by atoms with Crippen molar-refractivity contribution in [3.05, 3.63) is 101 Å². The molecule has 3 aromatic carbocycles. The number of halogens is 9. The van der Waals surface area contributed by atoms with E-state index in [0.717, 1.165) is 17.3 Å². The maximum Gasteiger partial charge on any atom is 0.416 e. The van der Waals surface area contributed by atoms with Crippen molar-refractivity contribution in [2.75, 3.05) is 41.9 Å². The number of hydrogen-bond acceptors (Lipinski definition) is 8. The van der Waals surface area contributed by atoms with Gasteiger partial charge in [0.2, 0.25) is 12.1 Å². The summed E-state index contributed by atoms with van der Waals surface area (Å²) in [6.07, 6.45) is -18.4. The first-order valence-electron chi connectivity index (χ1n) is 16.5. The number of amides is 2. The highest BCUT2D eigenvalue weighted by Crippen LogP contribution is 2.60. The Kier molecular flexibility index (Phi) is 16.7. The molecule has 0 saturated carbocycles. The molecule has 302 valence electrons. The van der Waals surface area contributed by atoms with Crippen LogP contribution in [0.1, 0.15) is 48.6 Å². The van der Waals surface area contributed by atoms with E-state index < -0.39 is 73.0 Å². The van der Waals surface area contributed by atoms with Crippen LogP contribution >= 0.6 is 29.9 Å². The fraction of sp³-hybridized carbons (Fsp3) is 0.400. The molecule has 0 radical (unpaired) electrons. The van der Waals surface area contributed by atoms with Gasteiger partial charge in [0.15, 0.2) is 0 Å². The first kappa shape index (κ1) is 45.9. The van der Waals surface area contributed by atoms with Gasteiger partial charge in [0.05, 0.1) is 42.2 Å². The van der Waals surface area contributed by atoms with Gasteiger partial charge in [-0.05, 0) is 54.7 Å². The van der Waals surface area contributed by atoms with Crippen molar-refractivity contribution in [1.82, 2.24) is 5.32 Å². The average molecular weight is 846 g/mol. The number of benzodiazepines with no additional fused rings is 1. The van der Waals surface area contributed by atoms with Crippen LogP contribution in [-0.4, -0.2) is 66.9 Å². The van der Waals surface area contributed by atoms with E-state index in [1.165, 1.54) is 35.6 Å². The van der Waals surface area contributed by atoms with E-state index in [2.05, 4.69) is 17.2 Å². The molecule has 1 atom stereocenters. The maximum absolute atomic E-state index is 13.6. The summed E-state index contributed by atoms with van der Waals surface area (Å²) in [5, 5.41) is 2.06. The first-order valence-corrected chi connectivity index (χ1v) is 20.8. The Morgan fingerprint density at radius 1 is 0.855 bits per heavy atom. The van der Waals surface area contributed by atoms with Gasteiger partial charge in [-0.15, -0.1) is 0 Å². The molecule has 1 N–H and O–H groups in total. The topological polar surface area (TPSA) is 97.3 Å². The van der Waals surface area contributed by atoms with Crippen LogP contribution in [0.15, 0.2) is 77.8 Å². The van der Waals surface area contributed by atoms with E-state index >= 15 is 0 Å². The van der Waals surface area contributed by atoms with Gasteiger partial charge >= 0.3 is 25.3 Å². The summed E-state index contributed by atoms with van der Waals surface area (Å²) >= 11 is 3.14. The molecule has 0 saturated heterocycles. The number of alkyl halides is 9. The summed E-state index contributed by atoms with van der Waals surface area (Å²) in [4.78, 5) is 30.7. The lowest BCUT2D eigenvalue weighted by Crippen LogP contribution is -2.50. The van der Waals surface area contributed by atoms with E-state index in [1.54, 1.807) is 30.3 Å². The quantitative estimate of drug-likeness (QED) is 0.0981. The van der Waals surface area contributed by atoms with Crippen molar-refractivity contribution in [3.63, 3.8) is 0 Å². The smallest absolute Gasteiger partial charge is 0.326 e. The van der Waals surface area contributed by atoms with Gasteiger partial charge < -0.3 is 14.4 Å². The first-order chi connectivity index (χ1) is 25.7. The molecule has 0 fully saturated rings. The minimum Gasteiger partial charge on any atom is -0.326 e. The number of aliphatic imine (C=N–C) groups is 1. The average Bonchev–Trinajstić information content (AvgIpc) is 3.20. The number of nitrogens with zero attached hydrogens (tertiary/aromatic N) is 2. The van der Waals surface area contributed by atoms with E-state index in [0.29, 0.717) is 35.8 Å². The zero-order chi connectivity index (χ0) is 41.0. The lowest BCUT2D eigenvalue weighted by molar-refractivity contribution is -0.143. The zero-order valence-corrected chi connectivity index (χ0v) is 32.1. The highest BCUT2D eigenvalue weighted by molar-refractivity contribution is 8.55. The third-order valence-corrected chi connectivity index (χ3v) is 12.4. The minimum atomic E-state index is -5.27. The Bertz CT molecular complexity index is 1820. The third kappa shape index (κ3) is 13.9. The Labute approximate surface area is 319 Å². The van der Waals surface area contributed by atoms with Crippen molar-refractivity contribution in [3.8, 4) is 0 Å². The summed E-state index contributed by atoms with van der Waals surface area (Å²) in [6, 6.07) is 14.2. The van der Waals surface area contributed by atoms with Crippen LogP contribution in [0.3, 0.4) is 0 Å². The number of nitrogens with one attached hydrogen (secondary N) is 1. The van der Waals surface area contributed by atoms with Crippen LogP contribution in [0.5, 0.6) is 0 Å². The number of anilines is 1. The van der Waals surface area contributed by atoms with Crippen LogP contribution in [0.25, 0.3) is 0 Å². The van der Waals surface area contributed by atoms with Gasteiger partial charge in [-0.2, -0.15) is 51.3 Å². The van der Waals surface area contributed by atoms with Crippen molar-refractivity contribution in [2.24, 2.45) is 4.99 Å². The Morgan fingerprint density at radius 2 is 1.47 bits per heavy atom. The number of para-hydroxylation sites is 1. The maximum atomic E-state index is 13.6. The molecule has 8 nitrogen and oxygen atoms in total. The molecule has 0 aromatic heterocycles. The molecule has 1 aliphatic heterocycles. The number of rotatable bonds is 14. The molecule has 0 unspecified atom stereocenters. The normalized spacial score (nSPS) is 15.1. The molecule has 0 spiro atoms. The van der Waals surface area contributed by atoms with E-state index in [1.807, 2.05) is 25.6 Å². The number of thioether (sulfide) groups is 1. The van der Waals surface area contributed by atoms with E-state index in [9.17, 15) is 53.7 Å². The number of carbonyl (C=O) groups excluding carboxylic acids is 2. The standard InChI is InChI=1S/C27H18F9N3O2.C8H19O3PS2/c28-25(29,30)14-39-20-9-5-4-8-18(20)22(15-6-2-1-3-7-15)38-23(24(39)41)37-21(40)12-16-10-11-17(26(31,32)33)13-19(16)27(34,35)36;1-4-10-12(9,11-5-2)14-8-7-13-6-3/h1-11,13,23H,12,14H2,(H,37,40);4-8H2,1-3H3/t23-;/m1./s1. The lowest BCUT2D eigenvalue weighted by atomic mass is 10.00. The molecule has 4 rings (SSSR count). The fourth-order valence-electron chi connectivity index (χ4n) is 5.02. The van der Waals surface area contributed by atoms with Gasteiger partial charge in [-0.1, -0.05) is 61.5 Å². The fourth-order valence-corrected chi connectivity index (χ4v) is 9.58. The number of hydrogen-bond donors (Lipinski definition) is 1. The van der Waals surface area contributed by atoms with Crippen LogP contribution in [0.4, 0.5) is 45.2 Å². The Morgan fingerprint density at radius 3 is 2.04 bits per heavy atom. The molecule has 0 aliphatic carbocycles. The monoisotopic (exact) mass is 845 g/mol. The number of benzene rings is 3. The summed E-state index contributed by atoms with van der Waals surface area (Å²) in [7, 11) is 0. The molecule has 3 aromatic rings. The molecule has 2 amide bonds. The minimum absolute atomic E-state index is 0.0232. The molecule has 1 aliphatic rings. The summed E-state index contributed by atoms with van der Waals surface area (Å²) in [5.41, 5.74) is -3.82. The largest absolute Gasteiger partial charge is 0.416 e. The van der Waals surface area contributed by atoms with Crippen molar-refractivity contribution in [1.29, 1.82) is 0 Å². The molecule has 0 bridgehead atoms. The van der Waals surface area contributed by atoms with Crippen LogP contribution in [0, 0.1) is 0 Å². The third-order valence-electron chi connectivity index (χ3n) is 7.24. The second-order valence-electron chi connectivity index (χ2n) is 11.2. The highest BCUT2D eigenvalue weighted by atomic mass is 32.7. The van der Waals surface area contributed by atoms with E-state index in [-0.39, 0.29) is 23.0 Å². The molecule has 1 heterocycles. The summed E-state index contributed by atoms with van der Waals surface area (Å²) in [6.45, 7) is 2.02. The second-order valence-corrected chi connectivity index (χ2v) is 16.8. The SMILES string of the molecule is CCOP(=O)(OCC)SCCSCC.O=C(Cc1ccc(C(F)(F)F)cc1C(F)(F)F)N[C@@H]1N=C(c2ccccc2)c2ccccc2N(CC(F)(F)F)C1=O. The summed E-state index contributed by atoms with van der Waals surface area (Å²) < 4.78 is 142. The Balaban J connectivity index is 0.000000493. The van der Waals surface area contributed by atoms with Gasteiger partial charge in [-0.25, -0.2) is 9.56 Å². The molecular formula is C35H37F9N3O5PS2.